The van der Waals surface area contributed by atoms with Crippen molar-refractivity contribution < 1.29 is 36.5 Å². The minimum absolute atomic E-state index is 0.214. The zero-order chi connectivity index (χ0) is 11.2. The van der Waals surface area contributed by atoms with E-state index < -0.39 is 36.8 Å². The first kappa shape index (κ1) is 12.1. The third-order valence-corrected chi connectivity index (χ3v) is 3.93. The van der Waals surface area contributed by atoms with E-state index in [1.54, 1.807) is 0 Å². The van der Waals surface area contributed by atoms with Crippen LogP contribution in [0.2, 0.25) is 0 Å². The maximum Gasteiger partial charge on any atom is 0.328 e. The minimum atomic E-state index is -4.32. The Morgan fingerprint density at radius 1 is 1.21 bits per heavy atom. The van der Waals surface area contributed by atoms with E-state index in [9.17, 15) is 13.6 Å². The van der Waals surface area contributed by atoms with Crippen LogP contribution in [0.1, 0.15) is 0 Å². The van der Waals surface area contributed by atoms with Gasteiger partial charge in [-0.1, -0.05) is 0 Å². The van der Waals surface area contributed by atoms with E-state index in [1.165, 1.54) is 0 Å². The molecule has 5 N–H and O–H groups in total. The average Bonchev–Trinajstić information content (AvgIpc) is 2.57. The lowest BCUT2D eigenvalue weighted by Crippen LogP contribution is -2.32. The Balaban J connectivity index is 2.50. The van der Waals surface area contributed by atoms with E-state index in [4.69, 9.17) is 18.2 Å². The topological polar surface area (TPSA) is 135 Å². The first-order valence-electron chi connectivity index (χ1n) is 3.59. The van der Waals surface area contributed by atoms with Gasteiger partial charge in [0, 0.05) is 0 Å². The molecule has 2 unspecified atom stereocenters. The third kappa shape index (κ3) is 3.03. The van der Waals surface area contributed by atoms with Gasteiger partial charge in [0.1, 0.15) is 6.54 Å². The molecule has 86 valence electrons. The molecule has 1 aliphatic heterocycles. The van der Waals surface area contributed by atoms with Crippen molar-refractivity contribution in [3.8, 4) is 0 Å². The predicted octanol–water partition coefficient (Wildman–Crippen LogP) is -0.356. The lowest BCUT2D eigenvalue weighted by atomic mass is 10.7. The highest BCUT2D eigenvalue weighted by atomic mass is 32.3. The molecule has 0 aromatic carbocycles. The molecular formula is C4H12NO7S2+. The van der Waals surface area contributed by atoms with Gasteiger partial charge in [0.25, 0.3) is 5.37 Å². The molecule has 1 rings (SSSR count). The largest absolute Gasteiger partial charge is 0.328 e. The minimum Gasteiger partial charge on any atom is -0.308 e. The van der Waals surface area contributed by atoms with E-state index in [2.05, 4.69) is 0 Å². The number of nitrogens with zero attached hydrogens (tertiary/aromatic N) is 1. The van der Waals surface area contributed by atoms with E-state index >= 15 is 0 Å². The van der Waals surface area contributed by atoms with Crippen molar-refractivity contribution in [2.45, 2.75) is 5.37 Å². The van der Waals surface area contributed by atoms with Crippen LogP contribution in [0.4, 0.5) is 0 Å². The molecule has 0 radical (unpaired) electrons. The highest BCUT2D eigenvalue weighted by molar-refractivity contribution is 8.19. The lowest BCUT2D eigenvalue weighted by molar-refractivity contribution is -1.00. The molecule has 1 saturated heterocycles. The van der Waals surface area contributed by atoms with Crippen molar-refractivity contribution in [1.82, 2.24) is 0 Å². The van der Waals surface area contributed by atoms with Gasteiger partial charge in [-0.2, -0.15) is 13.1 Å². The highest BCUT2D eigenvalue weighted by Gasteiger charge is 2.64. The van der Waals surface area contributed by atoms with E-state index in [1.807, 2.05) is 0 Å². The van der Waals surface area contributed by atoms with Gasteiger partial charge in [0.15, 0.2) is 6.54 Å². The highest BCUT2D eigenvalue weighted by Crippen LogP contribution is 2.37. The Morgan fingerprint density at radius 2 is 1.71 bits per heavy atom. The first-order valence-corrected chi connectivity index (χ1v) is 6.76. The summed E-state index contributed by atoms with van der Waals surface area (Å²) in [6.45, 7) is -0.558. The van der Waals surface area contributed by atoms with Crippen molar-refractivity contribution in [3.05, 3.63) is 0 Å². The summed E-state index contributed by atoms with van der Waals surface area (Å²) in [5, 5.41) is 8.02. The van der Waals surface area contributed by atoms with Crippen molar-refractivity contribution in [2.75, 3.05) is 18.8 Å². The van der Waals surface area contributed by atoms with E-state index in [0.717, 1.165) is 0 Å². The van der Waals surface area contributed by atoms with Crippen LogP contribution in [0, 0.1) is 0 Å². The van der Waals surface area contributed by atoms with Crippen LogP contribution in [0.5, 0.6) is 0 Å². The normalized spacial score (nSPS) is 34.2. The van der Waals surface area contributed by atoms with Gasteiger partial charge in [-0.3, -0.25) is 4.55 Å². The SMILES string of the molecule is O=S(=O)(O)C1C[N+]1(O)CCS(O)(O)O. The second-order valence-corrected chi connectivity index (χ2v) is 6.45. The van der Waals surface area contributed by atoms with Gasteiger partial charge >= 0.3 is 10.1 Å². The van der Waals surface area contributed by atoms with Crippen LogP contribution in [-0.4, -0.2) is 60.7 Å². The molecule has 14 heavy (non-hydrogen) atoms. The smallest absolute Gasteiger partial charge is 0.308 e. The van der Waals surface area contributed by atoms with Crippen molar-refractivity contribution >= 4 is 21.0 Å². The van der Waals surface area contributed by atoms with E-state index in [-0.39, 0.29) is 13.1 Å². The fourth-order valence-corrected chi connectivity index (χ4v) is 2.69. The Labute approximate surface area is 82.2 Å². The van der Waals surface area contributed by atoms with Crippen molar-refractivity contribution in [1.29, 1.82) is 0 Å². The fourth-order valence-electron chi connectivity index (χ4n) is 1.08. The number of quaternary nitrogens is 1. The van der Waals surface area contributed by atoms with Gasteiger partial charge < -0.3 is 13.7 Å². The number of hydroxylamine groups is 3. The van der Waals surface area contributed by atoms with Crippen LogP contribution in [-0.2, 0) is 10.1 Å². The summed E-state index contributed by atoms with van der Waals surface area (Å²) in [6, 6.07) is 0. The molecule has 1 fully saturated rings. The molecule has 1 heterocycles. The molecule has 0 bridgehead atoms. The Kier molecular flexibility index (Phi) is 2.84. The van der Waals surface area contributed by atoms with Crippen LogP contribution in [0.3, 0.4) is 0 Å². The molecule has 0 saturated carbocycles. The molecule has 8 nitrogen and oxygen atoms in total. The summed E-state index contributed by atoms with van der Waals surface area (Å²) >= 11 is 0. The van der Waals surface area contributed by atoms with Gasteiger partial charge in [0.05, 0.1) is 16.6 Å². The second kappa shape index (κ2) is 3.28. The number of hydrogen-bond acceptors (Lipinski definition) is 6. The maximum atomic E-state index is 10.5. The van der Waals surface area contributed by atoms with Crippen molar-refractivity contribution in [2.24, 2.45) is 0 Å². The summed E-state index contributed by atoms with van der Waals surface area (Å²) in [4.78, 5) is 0. The van der Waals surface area contributed by atoms with Crippen LogP contribution in [0.15, 0.2) is 0 Å². The molecule has 0 spiro atoms. The monoisotopic (exact) mass is 250 g/mol. The summed E-state index contributed by atoms with van der Waals surface area (Å²) in [6.07, 6.45) is 0. The Hall–Kier alpha value is 0.0600. The molecule has 2 atom stereocenters. The van der Waals surface area contributed by atoms with Gasteiger partial charge in [-0.15, -0.1) is 0 Å². The maximum absolute atomic E-state index is 10.5. The summed E-state index contributed by atoms with van der Waals surface area (Å²) in [5.41, 5.74) is 0. The molecule has 0 amide bonds. The van der Waals surface area contributed by atoms with E-state index in [0.29, 0.717) is 0 Å². The summed E-state index contributed by atoms with van der Waals surface area (Å²) < 4.78 is 54.3. The zero-order valence-corrected chi connectivity index (χ0v) is 8.65. The molecule has 10 heteroatoms. The van der Waals surface area contributed by atoms with Gasteiger partial charge in [0.2, 0.25) is 0 Å². The first-order chi connectivity index (χ1) is 6.05. The predicted molar refractivity (Wildman–Crippen MR) is 47.5 cm³/mol. The molecule has 0 aromatic rings. The summed E-state index contributed by atoms with van der Waals surface area (Å²) in [7, 11) is -8.06. The standard InChI is InChI=1S/C4H11NO7S2/c6-5(1-2-13(7,8)9)3-4(5)14(10,11)12/h4,6H,1-3H2,(H3-,7,8,9,10,11,12)/p+1. The van der Waals surface area contributed by atoms with Crippen LogP contribution >= 0.6 is 10.9 Å². The number of hydrogen-bond donors (Lipinski definition) is 5. The van der Waals surface area contributed by atoms with Gasteiger partial charge in [-0.25, -0.2) is 5.21 Å². The van der Waals surface area contributed by atoms with Gasteiger partial charge in [-0.05, 0) is 0 Å². The number of rotatable bonds is 4. The van der Waals surface area contributed by atoms with Crippen LogP contribution in [0.25, 0.3) is 0 Å². The Bertz CT molecular complexity index is 321. The zero-order valence-electron chi connectivity index (χ0n) is 7.01. The average molecular weight is 250 g/mol. The fraction of sp³-hybridized carbons (Fsp3) is 1.00. The second-order valence-electron chi connectivity index (χ2n) is 3.20. The molecule has 1 aliphatic rings. The summed E-state index contributed by atoms with van der Waals surface area (Å²) in [5.74, 6) is -0.532. The third-order valence-electron chi connectivity index (χ3n) is 1.97. The molecule has 0 aromatic heterocycles. The molecular weight excluding hydrogens is 238 g/mol. The molecule has 0 aliphatic carbocycles. The lowest BCUT2D eigenvalue weighted by Gasteiger charge is -2.19. The van der Waals surface area contributed by atoms with Crippen LogP contribution < -0.4 is 0 Å². The quantitative estimate of drug-likeness (QED) is 0.261. The Morgan fingerprint density at radius 3 is 2.00 bits per heavy atom. The van der Waals surface area contributed by atoms with Crippen molar-refractivity contribution in [3.63, 3.8) is 0 Å².